The van der Waals surface area contributed by atoms with Gasteiger partial charge in [0.25, 0.3) is 0 Å². The maximum atomic E-state index is 5.15. The van der Waals surface area contributed by atoms with Gasteiger partial charge in [-0.1, -0.05) is 6.42 Å². The van der Waals surface area contributed by atoms with E-state index in [1.165, 1.54) is 29.9 Å². The largest absolute Gasteiger partial charge is 0.497 e. The van der Waals surface area contributed by atoms with Gasteiger partial charge in [0.2, 0.25) is 0 Å². The van der Waals surface area contributed by atoms with Crippen molar-refractivity contribution < 1.29 is 4.74 Å². The topological polar surface area (TPSA) is 9.23 Å². The third-order valence-electron chi connectivity index (χ3n) is 3.35. The molecule has 2 rings (SSSR count). The van der Waals surface area contributed by atoms with Crippen LogP contribution < -0.4 is 4.74 Å². The van der Waals surface area contributed by atoms with E-state index in [9.17, 15) is 0 Å². The molecule has 1 aromatic carbocycles. The molecule has 0 N–H and O–H groups in total. The summed E-state index contributed by atoms with van der Waals surface area (Å²) in [7, 11) is 1.70. The molecule has 0 bridgehead atoms. The highest BCUT2D eigenvalue weighted by molar-refractivity contribution is 7.99. The van der Waals surface area contributed by atoms with Crippen LogP contribution >= 0.6 is 24.4 Å². The average Bonchev–Trinajstić information content (AvgIpc) is 2.29. The predicted octanol–water partition coefficient (Wildman–Crippen LogP) is 3.89. The van der Waals surface area contributed by atoms with Crippen molar-refractivity contribution >= 4 is 24.4 Å². The van der Waals surface area contributed by atoms with E-state index < -0.39 is 0 Å². The molecule has 0 saturated heterocycles. The lowest BCUT2D eigenvalue weighted by atomic mass is 9.72. The molecular formula is C13H18OS2. The van der Waals surface area contributed by atoms with Crippen LogP contribution in [-0.2, 0) is 0 Å². The Morgan fingerprint density at radius 2 is 2.00 bits per heavy atom. The molecule has 16 heavy (non-hydrogen) atoms. The Bertz CT molecular complexity index is 325. The van der Waals surface area contributed by atoms with Gasteiger partial charge in [-0.05, 0) is 48.3 Å². The number of methoxy groups -OCH3 is 1. The van der Waals surface area contributed by atoms with Crippen molar-refractivity contribution in [1.82, 2.24) is 0 Å². The molecule has 0 spiro atoms. The SMILES string of the molecule is COc1ccc(SCC2(CS)CCC2)cc1. The van der Waals surface area contributed by atoms with Gasteiger partial charge in [-0.15, -0.1) is 11.8 Å². The van der Waals surface area contributed by atoms with Gasteiger partial charge in [0.1, 0.15) is 5.75 Å². The minimum absolute atomic E-state index is 0.508. The van der Waals surface area contributed by atoms with Gasteiger partial charge in [-0.25, -0.2) is 0 Å². The summed E-state index contributed by atoms with van der Waals surface area (Å²) in [5.41, 5.74) is 0.508. The molecule has 0 aliphatic heterocycles. The van der Waals surface area contributed by atoms with Crippen LogP contribution in [0.15, 0.2) is 29.2 Å². The summed E-state index contributed by atoms with van der Waals surface area (Å²) < 4.78 is 5.15. The molecule has 0 radical (unpaired) electrons. The Morgan fingerprint density at radius 1 is 1.31 bits per heavy atom. The molecule has 88 valence electrons. The highest BCUT2D eigenvalue weighted by atomic mass is 32.2. The molecule has 0 unspecified atom stereocenters. The number of hydrogen-bond acceptors (Lipinski definition) is 3. The van der Waals surface area contributed by atoms with Gasteiger partial charge in [-0.2, -0.15) is 12.6 Å². The van der Waals surface area contributed by atoms with E-state index >= 15 is 0 Å². The first-order valence-corrected chi connectivity index (χ1v) is 7.28. The van der Waals surface area contributed by atoms with Crippen molar-refractivity contribution in [3.8, 4) is 5.75 Å². The van der Waals surface area contributed by atoms with Crippen molar-refractivity contribution in [2.45, 2.75) is 24.2 Å². The molecule has 1 aliphatic carbocycles. The minimum atomic E-state index is 0.508. The number of ether oxygens (including phenoxy) is 1. The summed E-state index contributed by atoms with van der Waals surface area (Å²) in [6.45, 7) is 0. The van der Waals surface area contributed by atoms with Crippen LogP contribution in [0.3, 0.4) is 0 Å². The maximum Gasteiger partial charge on any atom is 0.118 e. The van der Waals surface area contributed by atoms with Gasteiger partial charge in [0.15, 0.2) is 0 Å². The second kappa shape index (κ2) is 5.37. The van der Waals surface area contributed by atoms with E-state index in [1.54, 1.807) is 7.11 Å². The third kappa shape index (κ3) is 2.69. The standard InChI is InChI=1S/C13H18OS2/c1-14-11-3-5-12(6-4-11)16-10-13(9-15)7-2-8-13/h3-6,15H,2,7-10H2,1H3. The summed E-state index contributed by atoms with van der Waals surface area (Å²) >= 11 is 6.42. The smallest absolute Gasteiger partial charge is 0.118 e. The van der Waals surface area contributed by atoms with Gasteiger partial charge in [0.05, 0.1) is 7.11 Å². The van der Waals surface area contributed by atoms with Crippen LogP contribution in [0.25, 0.3) is 0 Å². The van der Waals surface area contributed by atoms with Gasteiger partial charge in [-0.3, -0.25) is 0 Å². The highest BCUT2D eigenvalue weighted by Gasteiger charge is 2.35. The van der Waals surface area contributed by atoms with Crippen molar-refractivity contribution in [3.63, 3.8) is 0 Å². The minimum Gasteiger partial charge on any atom is -0.497 e. The van der Waals surface area contributed by atoms with Crippen LogP contribution in [0, 0.1) is 5.41 Å². The van der Waals surface area contributed by atoms with E-state index in [4.69, 9.17) is 4.74 Å². The second-order valence-electron chi connectivity index (χ2n) is 4.48. The summed E-state index contributed by atoms with van der Waals surface area (Å²) in [4.78, 5) is 1.33. The third-order valence-corrected chi connectivity index (χ3v) is 5.39. The van der Waals surface area contributed by atoms with E-state index in [2.05, 4.69) is 24.8 Å². The summed E-state index contributed by atoms with van der Waals surface area (Å²) in [6.07, 6.45) is 4.07. The highest BCUT2D eigenvalue weighted by Crippen LogP contribution is 2.45. The summed E-state index contributed by atoms with van der Waals surface area (Å²) in [5.74, 6) is 3.15. The first kappa shape index (κ1) is 12.2. The lowest BCUT2D eigenvalue weighted by molar-refractivity contribution is 0.205. The zero-order valence-electron chi connectivity index (χ0n) is 9.61. The zero-order chi connectivity index (χ0) is 11.4. The fraction of sp³-hybridized carbons (Fsp3) is 0.538. The van der Waals surface area contributed by atoms with Crippen LogP contribution in [0.1, 0.15) is 19.3 Å². The molecule has 3 heteroatoms. The second-order valence-corrected chi connectivity index (χ2v) is 5.84. The Morgan fingerprint density at radius 3 is 2.44 bits per heavy atom. The van der Waals surface area contributed by atoms with E-state index in [0.717, 1.165) is 11.5 Å². The monoisotopic (exact) mass is 254 g/mol. The Labute approximate surface area is 107 Å². The number of rotatable bonds is 5. The molecule has 0 heterocycles. The lowest BCUT2D eigenvalue weighted by Crippen LogP contribution is -2.33. The molecule has 0 amide bonds. The van der Waals surface area contributed by atoms with Gasteiger partial charge < -0.3 is 4.74 Å². The molecule has 1 saturated carbocycles. The van der Waals surface area contributed by atoms with E-state index in [0.29, 0.717) is 5.41 Å². The Hall–Kier alpha value is -0.280. The quantitative estimate of drug-likeness (QED) is 0.630. The maximum absolute atomic E-state index is 5.15. The van der Waals surface area contributed by atoms with Crippen molar-refractivity contribution in [2.75, 3.05) is 18.6 Å². The zero-order valence-corrected chi connectivity index (χ0v) is 11.3. The fourth-order valence-corrected chi connectivity index (χ4v) is 3.70. The van der Waals surface area contributed by atoms with E-state index in [1.807, 2.05) is 23.9 Å². The molecule has 0 aromatic heterocycles. The first-order valence-electron chi connectivity index (χ1n) is 5.66. The lowest BCUT2D eigenvalue weighted by Gasteiger charge is -2.40. The normalized spacial score (nSPS) is 17.9. The molecule has 0 atom stereocenters. The Balaban J connectivity index is 1.89. The summed E-state index contributed by atoms with van der Waals surface area (Å²) in [5, 5.41) is 0. The molecule has 1 fully saturated rings. The molecule has 1 aromatic rings. The molecular weight excluding hydrogens is 236 g/mol. The van der Waals surface area contributed by atoms with Crippen molar-refractivity contribution in [1.29, 1.82) is 0 Å². The molecule has 1 aliphatic rings. The number of thiol groups is 1. The van der Waals surface area contributed by atoms with Crippen LogP contribution in [-0.4, -0.2) is 18.6 Å². The van der Waals surface area contributed by atoms with Gasteiger partial charge in [0, 0.05) is 10.6 Å². The van der Waals surface area contributed by atoms with Crippen LogP contribution in [0.2, 0.25) is 0 Å². The number of thioether (sulfide) groups is 1. The molecule has 1 nitrogen and oxygen atoms in total. The number of benzene rings is 1. The predicted molar refractivity (Wildman–Crippen MR) is 73.9 cm³/mol. The van der Waals surface area contributed by atoms with Crippen LogP contribution in [0.4, 0.5) is 0 Å². The van der Waals surface area contributed by atoms with E-state index in [-0.39, 0.29) is 0 Å². The average molecular weight is 254 g/mol. The van der Waals surface area contributed by atoms with Gasteiger partial charge >= 0.3 is 0 Å². The van der Waals surface area contributed by atoms with Crippen molar-refractivity contribution in [3.05, 3.63) is 24.3 Å². The fourth-order valence-electron chi connectivity index (χ4n) is 1.93. The Kier molecular flexibility index (Phi) is 4.09. The first-order chi connectivity index (χ1) is 7.78. The summed E-state index contributed by atoms with van der Waals surface area (Å²) in [6, 6.07) is 8.32. The van der Waals surface area contributed by atoms with Crippen LogP contribution in [0.5, 0.6) is 5.75 Å². The van der Waals surface area contributed by atoms with Crippen molar-refractivity contribution in [2.24, 2.45) is 5.41 Å². The number of hydrogen-bond donors (Lipinski definition) is 1.